The summed E-state index contributed by atoms with van der Waals surface area (Å²) in [6, 6.07) is 7.21. The monoisotopic (exact) mass is 275 g/mol. The van der Waals surface area contributed by atoms with E-state index < -0.39 is 6.04 Å². The van der Waals surface area contributed by atoms with Crippen molar-refractivity contribution in [1.29, 1.82) is 5.26 Å². The smallest absolute Gasteiger partial charge is 0.216 e. The summed E-state index contributed by atoms with van der Waals surface area (Å²) in [5, 5.41) is 15.0. The Bertz CT molecular complexity index is 525. The van der Waals surface area contributed by atoms with E-state index in [0.717, 1.165) is 5.56 Å². The summed E-state index contributed by atoms with van der Waals surface area (Å²) in [6.45, 7) is 3.53. The van der Waals surface area contributed by atoms with E-state index in [1.54, 1.807) is 0 Å². The van der Waals surface area contributed by atoms with Crippen LogP contribution in [0.4, 0.5) is 0 Å². The van der Waals surface area contributed by atoms with Crippen molar-refractivity contribution >= 4 is 5.91 Å². The molecule has 0 bridgehead atoms. The quantitative estimate of drug-likeness (QED) is 0.775. The van der Waals surface area contributed by atoms with Gasteiger partial charge >= 0.3 is 0 Å². The molecule has 0 radical (unpaired) electrons. The number of amides is 1. The minimum absolute atomic E-state index is 0.0837. The fourth-order valence-electron chi connectivity index (χ4n) is 1.93. The number of carbonyl (C=O) groups is 1. The molecular formula is C14H17N3O3. The minimum Gasteiger partial charge on any atom is -0.486 e. The van der Waals surface area contributed by atoms with Crippen LogP contribution < -0.4 is 20.1 Å². The van der Waals surface area contributed by atoms with Crippen molar-refractivity contribution in [2.24, 2.45) is 0 Å². The molecule has 1 unspecified atom stereocenters. The topological polar surface area (TPSA) is 83.4 Å². The lowest BCUT2D eigenvalue weighted by molar-refractivity contribution is -0.118. The van der Waals surface area contributed by atoms with E-state index in [-0.39, 0.29) is 5.91 Å². The van der Waals surface area contributed by atoms with Crippen LogP contribution in [-0.2, 0) is 4.79 Å². The first kappa shape index (κ1) is 14.2. The normalized spacial score (nSPS) is 14.2. The van der Waals surface area contributed by atoms with Gasteiger partial charge in [0.25, 0.3) is 0 Å². The van der Waals surface area contributed by atoms with Gasteiger partial charge in [0.2, 0.25) is 5.91 Å². The van der Waals surface area contributed by atoms with Gasteiger partial charge in [0.1, 0.15) is 19.3 Å². The zero-order valence-electron chi connectivity index (χ0n) is 11.3. The van der Waals surface area contributed by atoms with Gasteiger partial charge in [-0.3, -0.25) is 10.1 Å². The molecule has 1 aliphatic rings. The molecule has 106 valence electrons. The third-order valence-corrected chi connectivity index (χ3v) is 2.88. The Kier molecular flexibility index (Phi) is 4.80. The summed E-state index contributed by atoms with van der Waals surface area (Å²) < 4.78 is 10.9. The standard InChI is InChI=1S/C14H17N3O3/c1-10(18)16-4-5-17-12(9-15)11-2-3-13-14(8-11)20-7-6-19-13/h2-3,8,12,17H,4-7H2,1H3,(H,16,18). The molecule has 0 saturated heterocycles. The van der Waals surface area contributed by atoms with Gasteiger partial charge in [-0.05, 0) is 17.7 Å². The van der Waals surface area contributed by atoms with Gasteiger partial charge in [0, 0.05) is 20.0 Å². The van der Waals surface area contributed by atoms with Gasteiger partial charge in [-0.25, -0.2) is 0 Å². The van der Waals surface area contributed by atoms with E-state index in [0.29, 0.717) is 37.8 Å². The van der Waals surface area contributed by atoms with Gasteiger partial charge < -0.3 is 14.8 Å². The molecular weight excluding hydrogens is 258 g/mol. The first-order valence-corrected chi connectivity index (χ1v) is 6.47. The number of fused-ring (bicyclic) bond motifs is 1. The molecule has 1 atom stereocenters. The largest absolute Gasteiger partial charge is 0.486 e. The number of nitriles is 1. The Morgan fingerprint density at radius 1 is 1.35 bits per heavy atom. The molecule has 6 nitrogen and oxygen atoms in total. The average molecular weight is 275 g/mol. The molecule has 1 amide bonds. The van der Waals surface area contributed by atoms with E-state index in [2.05, 4.69) is 16.7 Å². The number of benzene rings is 1. The first-order chi connectivity index (χ1) is 9.70. The molecule has 1 heterocycles. The molecule has 6 heteroatoms. The SMILES string of the molecule is CC(=O)NCCNC(C#N)c1ccc2c(c1)OCCO2. The van der Waals surface area contributed by atoms with Crippen LogP contribution in [-0.4, -0.2) is 32.2 Å². The number of hydrogen-bond donors (Lipinski definition) is 2. The van der Waals surface area contributed by atoms with E-state index in [9.17, 15) is 10.1 Å². The lowest BCUT2D eigenvalue weighted by atomic mass is 10.1. The molecule has 0 aromatic heterocycles. The maximum atomic E-state index is 10.8. The average Bonchev–Trinajstić information content (AvgIpc) is 2.46. The summed E-state index contributed by atoms with van der Waals surface area (Å²) in [4.78, 5) is 10.8. The van der Waals surface area contributed by atoms with E-state index in [4.69, 9.17) is 9.47 Å². The van der Waals surface area contributed by atoms with Crippen LogP contribution in [0.15, 0.2) is 18.2 Å². The fourth-order valence-corrected chi connectivity index (χ4v) is 1.93. The Morgan fingerprint density at radius 3 is 2.80 bits per heavy atom. The van der Waals surface area contributed by atoms with Crippen molar-refractivity contribution in [2.45, 2.75) is 13.0 Å². The van der Waals surface area contributed by atoms with Gasteiger partial charge in [0.15, 0.2) is 11.5 Å². The molecule has 20 heavy (non-hydrogen) atoms. The molecule has 1 aromatic rings. The number of carbonyl (C=O) groups excluding carboxylic acids is 1. The lowest BCUT2D eigenvalue weighted by Gasteiger charge is -2.20. The second-order valence-corrected chi connectivity index (χ2v) is 4.40. The van der Waals surface area contributed by atoms with Gasteiger partial charge in [-0.1, -0.05) is 6.07 Å². The molecule has 1 aliphatic heterocycles. The number of hydrogen-bond acceptors (Lipinski definition) is 5. The maximum Gasteiger partial charge on any atom is 0.216 e. The predicted molar refractivity (Wildman–Crippen MR) is 72.5 cm³/mol. The fraction of sp³-hybridized carbons (Fsp3) is 0.429. The summed E-state index contributed by atoms with van der Waals surface area (Å²) >= 11 is 0. The van der Waals surface area contributed by atoms with Crippen LogP contribution in [0, 0.1) is 11.3 Å². The molecule has 0 fully saturated rings. The third kappa shape index (κ3) is 3.62. The Balaban J connectivity index is 1.97. The minimum atomic E-state index is -0.445. The predicted octanol–water partition coefficient (Wildman–Crippen LogP) is 0.748. The van der Waals surface area contributed by atoms with E-state index in [1.807, 2.05) is 18.2 Å². The molecule has 1 aromatic carbocycles. The van der Waals surface area contributed by atoms with Gasteiger partial charge in [-0.2, -0.15) is 5.26 Å². The zero-order valence-corrected chi connectivity index (χ0v) is 11.3. The highest BCUT2D eigenvalue weighted by Gasteiger charge is 2.16. The van der Waals surface area contributed by atoms with Crippen LogP contribution in [0.25, 0.3) is 0 Å². The lowest BCUT2D eigenvalue weighted by Crippen LogP contribution is -2.32. The highest BCUT2D eigenvalue weighted by atomic mass is 16.6. The van der Waals surface area contributed by atoms with Crippen molar-refractivity contribution in [3.63, 3.8) is 0 Å². The van der Waals surface area contributed by atoms with Gasteiger partial charge in [0.05, 0.1) is 6.07 Å². The number of nitrogens with zero attached hydrogens (tertiary/aromatic N) is 1. The third-order valence-electron chi connectivity index (χ3n) is 2.88. The van der Waals surface area contributed by atoms with Crippen molar-refractivity contribution in [1.82, 2.24) is 10.6 Å². The molecule has 0 spiro atoms. The Hall–Kier alpha value is -2.26. The summed E-state index contributed by atoms with van der Waals surface area (Å²) in [7, 11) is 0. The molecule has 0 saturated carbocycles. The van der Waals surface area contributed by atoms with Crippen molar-refractivity contribution in [3.05, 3.63) is 23.8 Å². The first-order valence-electron chi connectivity index (χ1n) is 6.47. The Labute approximate surface area is 117 Å². The summed E-state index contributed by atoms with van der Waals surface area (Å²) in [5.41, 5.74) is 0.819. The number of nitrogens with one attached hydrogen (secondary N) is 2. The van der Waals surface area contributed by atoms with Crippen LogP contribution in [0.1, 0.15) is 18.5 Å². The maximum absolute atomic E-state index is 10.8. The van der Waals surface area contributed by atoms with Crippen LogP contribution in [0.5, 0.6) is 11.5 Å². The second kappa shape index (κ2) is 6.78. The van der Waals surface area contributed by atoms with Crippen molar-refractivity contribution in [3.8, 4) is 17.6 Å². The van der Waals surface area contributed by atoms with Crippen LogP contribution in [0.3, 0.4) is 0 Å². The van der Waals surface area contributed by atoms with E-state index >= 15 is 0 Å². The summed E-state index contributed by atoms with van der Waals surface area (Å²) in [5.74, 6) is 1.28. The highest BCUT2D eigenvalue weighted by molar-refractivity contribution is 5.72. The molecule has 0 aliphatic carbocycles. The number of ether oxygens (including phenoxy) is 2. The van der Waals surface area contributed by atoms with E-state index in [1.165, 1.54) is 6.92 Å². The van der Waals surface area contributed by atoms with Crippen molar-refractivity contribution in [2.75, 3.05) is 26.3 Å². The highest BCUT2D eigenvalue weighted by Crippen LogP contribution is 2.32. The van der Waals surface area contributed by atoms with Crippen LogP contribution >= 0.6 is 0 Å². The zero-order chi connectivity index (χ0) is 14.4. The summed E-state index contributed by atoms with van der Waals surface area (Å²) in [6.07, 6.45) is 0. The second-order valence-electron chi connectivity index (χ2n) is 4.40. The number of rotatable bonds is 5. The van der Waals surface area contributed by atoms with Crippen LogP contribution in [0.2, 0.25) is 0 Å². The van der Waals surface area contributed by atoms with Crippen molar-refractivity contribution < 1.29 is 14.3 Å². The van der Waals surface area contributed by atoms with Gasteiger partial charge in [-0.15, -0.1) is 0 Å². The Morgan fingerprint density at radius 2 is 2.10 bits per heavy atom. The molecule has 2 rings (SSSR count). The molecule has 2 N–H and O–H groups in total.